The van der Waals surface area contributed by atoms with E-state index in [2.05, 4.69) is 10.1 Å². The summed E-state index contributed by atoms with van der Waals surface area (Å²) in [5.74, 6) is -0.440. The fourth-order valence-corrected chi connectivity index (χ4v) is 5.37. The van der Waals surface area contributed by atoms with Gasteiger partial charge in [-0.15, -0.1) is 0 Å². The van der Waals surface area contributed by atoms with Crippen LogP contribution < -0.4 is 0 Å². The summed E-state index contributed by atoms with van der Waals surface area (Å²) in [5.41, 5.74) is 1.94. The molecule has 1 fully saturated rings. The van der Waals surface area contributed by atoms with Crippen molar-refractivity contribution in [2.45, 2.75) is 31.2 Å². The summed E-state index contributed by atoms with van der Waals surface area (Å²) < 4.78 is 45.7. The van der Waals surface area contributed by atoms with Gasteiger partial charge in [-0.2, -0.15) is 9.29 Å². The Labute approximate surface area is 192 Å². The average Bonchev–Trinajstić information content (AvgIpc) is 3.27. The Morgan fingerprint density at radius 2 is 1.88 bits per heavy atom. The fourth-order valence-electron chi connectivity index (χ4n) is 3.85. The molecule has 8 nitrogen and oxygen atoms in total. The maximum atomic E-state index is 13.2. The standard InChI is InChI=1S/C23H25FN4O4S/c1-16-5-7-17(8-6-16)22-25-21(32-26-22)15-27(2)23(29)18-4-3-13-28(14-18)33(30,31)20-11-9-19(24)10-12-20/h5-12,18H,3-4,13-15H2,1-2H3/t18-/m0/s1. The summed E-state index contributed by atoms with van der Waals surface area (Å²) in [6.45, 7) is 2.50. The highest BCUT2D eigenvalue weighted by Crippen LogP contribution is 2.25. The number of carbonyl (C=O) groups is 1. The number of aromatic nitrogens is 2. The minimum atomic E-state index is -3.81. The summed E-state index contributed by atoms with van der Waals surface area (Å²) in [5, 5.41) is 3.99. The molecule has 0 saturated carbocycles. The first kappa shape index (κ1) is 23.1. The highest BCUT2D eigenvalue weighted by atomic mass is 32.2. The van der Waals surface area contributed by atoms with Crippen LogP contribution in [0.15, 0.2) is 57.9 Å². The lowest BCUT2D eigenvalue weighted by molar-refractivity contribution is -0.136. The second-order valence-electron chi connectivity index (χ2n) is 8.23. The normalized spacial score (nSPS) is 17.1. The van der Waals surface area contributed by atoms with Gasteiger partial charge in [0.2, 0.25) is 27.6 Å². The number of amides is 1. The summed E-state index contributed by atoms with van der Waals surface area (Å²) in [4.78, 5) is 18.9. The van der Waals surface area contributed by atoms with E-state index in [1.807, 2.05) is 31.2 Å². The van der Waals surface area contributed by atoms with Crippen LogP contribution in [-0.2, 0) is 21.4 Å². The highest BCUT2D eigenvalue weighted by Gasteiger charge is 2.34. The van der Waals surface area contributed by atoms with Crippen molar-refractivity contribution in [2.24, 2.45) is 5.92 Å². The second-order valence-corrected chi connectivity index (χ2v) is 10.2. The van der Waals surface area contributed by atoms with Gasteiger partial charge in [0, 0.05) is 25.7 Å². The van der Waals surface area contributed by atoms with Crippen LogP contribution in [0, 0.1) is 18.7 Å². The largest absolute Gasteiger partial charge is 0.337 e. The number of halogens is 1. The molecule has 1 atom stereocenters. The molecule has 0 unspecified atom stereocenters. The average molecular weight is 473 g/mol. The molecule has 4 rings (SSSR count). The van der Waals surface area contributed by atoms with Gasteiger partial charge in [0.25, 0.3) is 0 Å². The topological polar surface area (TPSA) is 96.6 Å². The molecule has 174 valence electrons. The molecule has 1 saturated heterocycles. The van der Waals surface area contributed by atoms with Gasteiger partial charge in [-0.1, -0.05) is 35.0 Å². The van der Waals surface area contributed by atoms with Crippen molar-refractivity contribution in [1.29, 1.82) is 0 Å². The zero-order valence-electron chi connectivity index (χ0n) is 18.4. The van der Waals surface area contributed by atoms with E-state index in [-0.39, 0.29) is 23.9 Å². The number of nitrogens with zero attached hydrogens (tertiary/aromatic N) is 4. The van der Waals surface area contributed by atoms with Crippen molar-refractivity contribution >= 4 is 15.9 Å². The Morgan fingerprint density at radius 1 is 1.18 bits per heavy atom. The Balaban J connectivity index is 1.41. The molecule has 0 bridgehead atoms. The molecule has 1 aliphatic rings. The molecule has 0 spiro atoms. The number of hydrogen-bond donors (Lipinski definition) is 0. The minimum Gasteiger partial charge on any atom is -0.337 e. The van der Waals surface area contributed by atoms with Crippen LogP contribution in [-0.4, -0.2) is 53.8 Å². The Hall–Kier alpha value is -3.11. The van der Waals surface area contributed by atoms with Crippen molar-refractivity contribution in [3.05, 3.63) is 65.8 Å². The summed E-state index contributed by atoms with van der Waals surface area (Å²) in [6.07, 6.45) is 1.14. The smallest absolute Gasteiger partial charge is 0.246 e. The number of hydrogen-bond acceptors (Lipinski definition) is 6. The van der Waals surface area contributed by atoms with Crippen LogP contribution in [0.25, 0.3) is 11.4 Å². The quantitative estimate of drug-likeness (QED) is 0.546. The van der Waals surface area contributed by atoms with Crippen LogP contribution in [0.4, 0.5) is 4.39 Å². The zero-order chi connectivity index (χ0) is 23.6. The number of sulfonamides is 1. The third kappa shape index (κ3) is 5.12. The first-order chi connectivity index (χ1) is 15.7. The molecule has 0 aliphatic carbocycles. The van der Waals surface area contributed by atoms with Crippen LogP contribution in [0.1, 0.15) is 24.3 Å². The van der Waals surface area contributed by atoms with Crippen molar-refractivity contribution in [2.75, 3.05) is 20.1 Å². The lowest BCUT2D eigenvalue weighted by Crippen LogP contribution is -2.45. The summed E-state index contributed by atoms with van der Waals surface area (Å²) in [6, 6.07) is 12.4. The molecule has 1 aliphatic heterocycles. The predicted molar refractivity (Wildman–Crippen MR) is 119 cm³/mol. The van der Waals surface area contributed by atoms with Gasteiger partial charge in [0.1, 0.15) is 5.82 Å². The van der Waals surface area contributed by atoms with Gasteiger partial charge in [0.05, 0.1) is 17.4 Å². The maximum Gasteiger partial charge on any atom is 0.246 e. The number of aryl methyl sites for hydroxylation is 1. The first-order valence-corrected chi connectivity index (χ1v) is 12.1. The van der Waals surface area contributed by atoms with Crippen LogP contribution in [0.5, 0.6) is 0 Å². The molecular weight excluding hydrogens is 447 g/mol. The van der Waals surface area contributed by atoms with E-state index in [0.29, 0.717) is 31.1 Å². The van der Waals surface area contributed by atoms with Crippen molar-refractivity contribution in [1.82, 2.24) is 19.3 Å². The van der Waals surface area contributed by atoms with Gasteiger partial charge >= 0.3 is 0 Å². The predicted octanol–water partition coefficient (Wildman–Crippen LogP) is 3.24. The molecular formula is C23H25FN4O4S. The van der Waals surface area contributed by atoms with Crippen molar-refractivity contribution < 1.29 is 22.1 Å². The Kier molecular flexibility index (Phi) is 6.57. The van der Waals surface area contributed by atoms with E-state index in [9.17, 15) is 17.6 Å². The molecule has 1 aromatic heterocycles. The number of carbonyl (C=O) groups excluding carboxylic acids is 1. The van der Waals surface area contributed by atoms with Gasteiger partial charge in [-0.05, 0) is 44.0 Å². The Morgan fingerprint density at radius 3 is 2.58 bits per heavy atom. The molecule has 3 aromatic rings. The molecule has 0 N–H and O–H groups in total. The van der Waals surface area contributed by atoms with Gasteiger partial charge in [-0.25, -0.2) is 12.8 Å². The molecule has 33 heavy (non-hydrogen) atoms. The van der Waals surface area contributed by atoms with Crippen LogP contribution in [0.3, 0.4) is 0 Å². The van der Waals surface area contributed by atoms with Gasteiger partial charge < -0.3 is 9.42 Å². The molecule has 2 aromatic carbocycles. The number of benzene rings is 2. The Bertz CT molecular complexity index is 1230. The molecule has 1 amide bonds. The zero-order valence-corrected chi connectivity index (χ0v) is 19.3. The van der Waals surface area contributed by atoms with E-state index < -0.39 is 21.8 Å². The number of rotatable bonds is 6. The number of piperidine rings is 1. The molecule has 0 radical (unpaired) electrons. The third-order valence-corrected chi connectivity index (χ3v) is 7.59. The molecule has 10 heteroatoms. The molecule has 2 heterocycles. The van der Waals surface area contributed by atoms with Gasteiger partial charge in [0.15, 0.2) is 0 Å². The third-order valence-electron chi connectivity index (χ3n) is 5.71. The second kappa shape index (κ2) is 9.40. The fraction of sp³-hybridized carbons (Fsp3) is 0.348. The SMILES string of the molecule is Cc1ccc(-c2noc(CN(C)C(=O)[C@H]3CCCN(S(=O)(=O)c4ccc(F)cc4)C3)n2)cc1. The maximum absolute atomic E-state index is 13.2. The van der Waals surface area contributed by atoms with Crippen molar-refractivity contribution in [3.63, 3.8) is 0 Å². The lowest BCUT2D eigenvalue weighted by atomic mass is 9.98. The van der Waals surface area contributed by atoms with Gasteiger partial charge in [-0.3, -0.25) is 4.79 Å². The summed E-state index contributed by atoms with van der Waals surface area (Å²) >= 11 is 0. The monoisotopic (exact) mass is 472 g/mol. The van der Waals surface area contributed by atoms with E-state index in [1.165, 1.54) is 21.3 Å². The van der Waals surface area contributed by atoms with Crippen LogP contribution >= 0.6 is 0 Å². The van der Waals surface area contributed by atoms with Crippen molar-refractivity contribution in [3.8, 4) is 11.4 Å². The minimum absolute atomic E-state index is 0.0137. The van der Waals surface area contributed by atoms with Crippen LogP contribution in [0.2, 0.25) is 0 Å². The van der Waals surface area contributed by atoms with E-state index in [0.717, 1.165) is 23.3 Å². The van der Waals surface area contributed by atoms with E-state index >= 15 is 0 Å². The lowest BCUT2D eigenvalue weighted by Gasteiger charge is -2.33. The first-order valence-electron chi connectivity index (χ1n) is 10.6. The summed E-state index contributed by atoms with van der Waals surface area (Å²) in [7, 11) is -2.17. The highest BCUT2D eigenvalue weighted by molar-refractivity contribution is 7.89. The van der Waals surface area contributed by atoms with E-state index in [1.54, 1.807) is 7.05 Å². The van der Waals surface area contributed by atoms with E-state index in [4.69, 9.17) is 4.52 Å².